The number of aryl methyl sites for hydroxylation is 1. The van der Waals surface area contributed by atoms with Crippen LogP contribution < -0.4 is 10.2 Å². The SMILES string of the molecule is Cc1cccc(N2CCN(C(=O)[C@H]3C[C@H](O)CN3)CC2)c1. The van der Waals surface area contributed by atoms with Crippen LogP contribution in [-0.2, 0) is 4.79 Å². The van der Waals surface area contributed by atoms with E-state index in [4.69, 9.17) is 0 Å². The van der Waals surface area contributed by atoms with Crippen LogP contribution in [0, 0.1) is 6.92 Å². The number of nitrogens with one attached hydrogen (secondary N) is 1. The fourth-order valence-corrected chi connectivity index (χ4v) is 3.14. The second-order valence-corrected chi connectivity index (χ2v) is 6.00. The second-order valence-electron chi connectivity index (χ2n) is 6.00. The summed E-state index contributed by atoms with van der Waals surface area (Å²) >= 11 is 0. The highest BCUT2D eigenvalue weighted by Crippen LogP contribution is 2.19. The van der Waals surface area contributed by atoms with Crippen molar-refractivity contribution in [3.63, 3.8) is 0 Å². The monoisotopic (exact) mass is 289 g/mol. The molecule has 2 heterocycles. The lowest BCUT2D eigenvalue weighted by atomic mass is 10.1. The number of rotatable bonds is 2. The van der Waals surface area contributed by atoms with Crippen molar-refractivity contribution in [3.8, 4) is 0 Å². The minimum Gasteiger partial charge on any atom is -0.392 e. The molecule has 0 unspecified atom stereocenters. The Labute approximate surface area is 125 Å². The van der Waals surface area contributed by atoms with Gasteiger partial charge in [-0.15, -0.1) is 0 Å². The second kappa shape index (κ2) is 6.03. The first-order valence-electron chi connectivity index (χ1n) is 7.65. The molecule has 114 valence electrons. The maximum Gasteiger partial charge on any atom is 0.239 e. The van der Waals surface area contributed by atoms with Gasteiger partial charge in [-0.05, 0) is 31.0 Å². The van der Waals surface area contributed by atoms with Crippen LogP contribution in [-0.4, -0.2) is 60.8 Å². The van der Waals surface area contributed by atoms with Gasteiger partial charge in [0.05, 0.1) is 12.1 Å². The molecule has 2 fully saturated rings. The summed E-state index contributed by atoms with van der Waals surface area (Å²) in [6.45, 7) is 5.86. The molecule has 0 aliphatic carbocycles. The third kappa shape index (κ3) is 3.19. The van der Waals surface area contributed by atoms with E-state index in [1.54, 1.807) is 0 Å². The van der Waals surface area contributed by atoms with Crippen molar-refractivity contribution >= 4 is 11.6 Å². The first kappa shape index (κ1) is 14.4. The molecule has 1 aromatic rings. The van der Waals surface area contributed by atoms with Crippen molar-refractivity contribution in [2.24, 2.45) is 0 Å². The highest BCUT2D eigenvalue weighted by Gasteiger charge is 2.32. The first-order chi connectivity index (χ1) is 10.1. The molecular formula is C16H23N3O2. The van der Waals surface area contributed by atoms with Crippen LogP contribution >= 0.6 is 0 Å². The molecule has 0 aromatic heterocycles. The predicted molar refractivity (Wildman–Crippen MR) is 82.4 cm³/mol. The molecule has 0 spiro atoms. The number of carbonyl (C=O) groups excluding carboxylic acids is 1. The zero-order valence-electron chi connectivity index (χ0n) is 12.5. The van der Waals surface area contributed by atoms with Crippen molar-refractivity contribution in [1.82, 2.24) is 10.2 Å². The van der Waals surface area contributed by atoms with E-state index in [9.17, 15) is 9.90 Å². The Hall–Kier alpha value is -1.59. The summed E-state index contributed by atoms with van der Waals surface area (Å²) in [5, 5.41) is 12.6. The maximum atomic E-state index is 12.4. The van der Waals surface area contributed by atoms with Crippen LogP contribution in [0.2, 0.25) is 0 Å². The molecule has 0 radical (unpaired) electrons. The van der Waals surface area contributed by atoms with Gasteiger partial charge in [0.15, 0.2) is 0 Å². The lowest BCUT2D eigenvalue weighted by Crippen LogP contribution is -2.53. The van der Waals surface area contributed by atoms with Crippen LogP contribution in [0.1, 0.15) is 12.0 Å². The average molecular weight is 289 g/mol. The lowest BCUT2D eigenvalue weighted by molar-refractivity contribution is -0.133. The number of hydrogen-bond donors (Lipinski definition) is 2. The summed E-state index contributed by atoms with van der Waals surface area (Å²) in [4.78, 5) is 16.6. The molecule has 2 atom stereocenters. The van der Waals surface area contributed by atoms with E-state index < -0.39 is 0 Å². The fourth-order valence-electron chi connectivity index (χ4n) is 3.14. The number of β-amino-alcohol motifs (C(OH)–C–C–N with tert-alkyl or cyclic N) is 1. The summed E-state index contributed by atoms with van der Waals surface area (Å²) in [7, 11) is 0. The van der Waals surface area contributed by atoms with Gasteiger partial charge in [0, 0.05) is 38.4 Å². The standard InChI is InChI=1S/C16H23N3O2/c1-12-3-2-4-13(9-12)18-5-7-19(8-6-18)16(21)15-10-14(20)11-17-15/h2-4,9,14-15,17,20H,5-8,10-11H2,1H3/t14-,15+/m0/s1. The summed E-state index contributed by atoms with van der Waals surface area (Å²) < 4.78 is 0. The van der Waals surface area contributed by atoms with E-state index in [1.807, 2.05) is 4.90 Å². The van der Waals surface area contributed by atoms with Crippen molar-refractivity contribution in [3.05, 3.63) is 29.8 Å². The van der Waals surface area contributed by atoms with Gasteiger partial charge in [-0.25, -0.2) is 0 Å². The molecule has 1 aromatic carbocycles. The first-order valence-corrected chi connectivity index (χ1v) is 7.65. The molecule has 2 N–H and O–H groups in total. The smallest absolute Gasteiger partial charge is 0.239 e. The molecule has 21 heavy (non-hydrogen) atoms. The normalized spacial score (nSPS) is 26.2. The predicted octanol–water partition coefficient (Wildman–Crippen LogP) is 0.366. The van der Waals surface area contributed by atoms with Gasteiger partial charge in [-0.1, -0.05) is 12.1 Å². The zero-order valence-corrected chi connectivity index (χ0v) is 12.5. The molecule has 3 rings (SSSR count). The zero-order chi connectivity index (χ0) is 14.8. The lowest BCUT2D eigenvalue weighted by Gasteiger charge is -2.37. The topological polar surface area (TPSA) is 55.8 Å². The quantitative estimate of drug-likeness (QED) is 0.826. The molecule has 0 bridgehead atoms. The van der Waals surface area contributed by atoms with Crippen LogP contribution in [0.15, 0.2) is 24.3 Å². The average Bonchev–Trinajstić information content (AvgIpc) is 2.93. The van der Waals surface area contributed by atoms with E-state index >= 15 is 0 Å². The Morgan fingerprint density at radius 2 is 2.05 bits per heavy atom. The molecule has 5 heteroatoms. The number of piperazine rings is 1. The van der Waals surface area contributed by atoms with Gasteiger partial charge >= 0.3 is 0 Å². The maximum absolute atomic E-state index is 12.4. The Bertz CT molecular complexity index is 512. The van der Waals surface area contributed by atoms with E-state index in [1.165, 1.54) is 11.3 Å². The number of carbonyl (C=O) groups is 1. The van der Waals surface area contributed by atoms with E-state index in [0.717, 1.165) is 26.2 Å². The third-order valence-electron chi connectivity index (χ3n) is 4.36. The van der Waals surface area contributed by atoms with Crippen molar-refractivity contribution < 1.29 is 9.90 Å². The van der Waals surface area contributed by atoms with E-state index in [2.05, 4.69) is 41.4 Å². The van der Waals surface area contributed by atoms with Crippen molar-refractivity contribution in [1.29, 1.82) is 0 Å². The largest absolute Gasteiger partial charge is 0.392 e. The molecule has 2 aliphatic heterocycles. The summed E-state index contributed by atoms with van der Waals surface area (Å²) in [5.41, 5.74) is 2.49. The molecule has 1 amide bonds. The summed E-state index contributed by atoms with van der Waals surface area (Å²) in [5.74, 6) is 0.135. The number of amides is 1. The Kier molecular flexibility index (Phi) is 4.12. The molecular weight excluding hydrogens is 266 g/mol. The highest BCUT2D eigenvalue weighted by molar-refractivity contribution is 5.82. The molecule has 2 aliphatic rings. The van der Waals surface area contributed by atoms with Gasteiger partial charge < -0.3 is 20.2 Å². The fraction of sp³-hybridized carbons (Fsp3) is 0.562. The number of anilines is 1. The molecule has 5 nitrogen and oxygen atoms in total. The van der Waals surface area contributed by atoms with Gasteiger partial charge in [0.25, 0.3) is 0 Å². The Morgan fingerprint density at radius 1 is 1.29 bits per heavy atom. The van der Waals surface area contributed by atoms with E-state index in [-0.39, 0.29) is 18.1 Å². The van der Waals surface area contributed by atoms with Gasteiger partial charge in [-0.3, -0.25) is 4.79 Å². The number of aliphatic hydroxyl groups is 1. The number of benzene rings is 1. The molecule has 2 saturated heterocycles. The number of aliphatic hydroxyl groups excluding tert-OH is 1. The van der Waals surface area contributed by atoms with Gasteiger partial charge in [0.2, 0.25) is 5.91 Å². The van der Waals surface area contributed by atoms with Crippen LogP contribution in [0.5, 0.6) is 0 Å². The van der Waals surface area contributed by atoms with Gasteiger partial charge in [-0.2, -0.15) is 0 Å². The minimum absolute atomic E-state index is 0.135. The Balaban J connectivity index is 1.56. The third-order valence-corrected chi connectivity index (χ3v) is 4.36. The van der Waals surface area contributed by atoms with Crippen molar-refractivity contribution in [2.75, 3.05) is 37.6 Å². The summed E-state index contributed by atoms with van der Waals surface area (Å²) in [6, 6.07) is 8.28. The van der Waals surface area contributed by atoms with E-state index in [0.29, 0.717) is 13.0 Å². The highest BCUT2D eigenvalue weighted by atomic mass is 16.3. The minimum atomic E-state index is -0.382. The van der Waals surface area contributed by atoms with Crippen molar-refractivity contribution in [2.45, 2.75) is 25.5 Å². The van der Waals surface area contributed by atoms with Crippen LogP contribution in [0.25, 0.3) is 0 Å². The number of hydrogen-bond acceptors (Lipinski definition) is 4. The summed E-state index contributed by atoms with van der Waals surface area (Å²) in [6.07, 6.45) is 0.157. The number of nitrogens with zero attached hydrogens (tertiary/aromatic N) is 2. The van der Waals surface area contributed by atoms with Crippen LogP contribution in [0.4, 0.5) is 5.69 Å². The molecule has 0 saturated carbocycles. The van der Waals surface area contributed by atoms with Gasteiger partial charge in [0.1, 0.15) is 0 Å². The van der Waals surface area contributed by atoms with Crippen LogP contribution in [0.3, 0.4) is 0 Å². The Morgan fingerprint density at radius 3 is 2.67 bits per heavy atom.